The lowest BCUT2D eigenvalue weighted by molar-refractivity contribution is -0.147. The first-order valence-corrected chi connectivity index (χ1v) is 4.11. The lowest BCUT2D eigenvalue weighted by Crippen LogP contribution is -2.36. The lowest BCUT2D eigenvalue weighted by atomic mass is 10.3. The molecule has 0 saturated heterocycles. The van der Waals surface area contributed by atoms with E-state index in [1.165, 1.54) is 6.92 Å². The van der Waals surface area contributed by atoms with Crippen molar-refractivity contribution < 1.29 is 14.3 Å². The average molecular weight is 185 g/mol. The Kier molecular flexibility index (Phi) is 4.80. The first-order chi connectivity index (χ1) is 5.97. The minimum Gasteiger partial charge on any atom is -0.438 e. The summed E-state index contributed by atoms with van der Waals surface area (Å²) in [7, 11) is 0. The highest BCUT2D eigenvalue weighted by Gasteiger charge is 2.12. The fourth-order valence-electron chi connectivity index (χ4n) is 0.671. The monoisotopic (exact) mass is 185 g/mol. The smallest absolute Gasteiger partial charge is 0.335 e. The molecule has 1 amide bonds. The van der Waals surface area contributed by atoms with Crippen LogP contribution in [0, 0.1) is 0 Å². The predicted octanol–water partition coefficient (Wildman–Crippen LogP) is 0.978. The van der Waals surface area contributed by atoms with Crippen molar-refractivity contribution in [1.29, 1.82) is 0 Å². The molecule has 1 unspecified atom stereocenters. The van der Waals surface area contributed by atoms with E-state index in [-0.39, 0.29) is 5.91 Å². The number of nitrogens with one attached hydrogen (secondary N) is 1. The summed E-state index contributed by atoms with van der Waals surface area (Å²) in [6, 6.07) is 0. The van der Waals surface area contributed by atoms with Gasteiger partial charge in [0.15, 0.2) is 6.23 Å². The van der Waals surface area contributed by atoms with Gasteiger partial charge in [0.1, 0.15) is 0 Å². The third kappa shape index (κ3) is 5.00. The van der Waals surface area contributed by atoms with Crippen LogP contribution in [-0.2, 0) is 14.3 Å². The molecule has 0 aliphatic carbocycles. The number of esters is 1. The van der Waals surface area contributed by atoms with Gasteiger partial charge in [0.05, 0.1) is 0 Å². The topological polar surface area (TPSA) is 55.4 Å². The fourth-order valence-corrected chi connectivity index (χ4v) is 0.671. The highest BCUT2D eigenvalue weighted by Crippen LogP contribution is 1.99. The predicted molar refractivity (Wildman–Crippen MR) is 48.8 cm³/mol. The Morgan fingerprint density at radius 3 is 2.31 bits per heavy atom. The second-order valence-corrected chi connectivity index (χ2v) is 2.78. The zero-order valence-electron chi connectivity index (χ0n) is 8.22. The number of carbonyl (C=O) groups excluding carboxylic acids is 2. The Labute approximate surface area is 78.0 Å². The average Bonchev–Trinajstić information content (AvgIpc) is 2.02. The second-order valence-electron chi connectivity index (χ2n) is 2.78. The first-order valence-electron chi connectivity index (χ1n) is 4.11. The summed E-state index contributed by atoms with van der Waals surface area (Å²) in [5.41, 5.74) is 0.323. The van der Waals surface area contributed by atoms with E-state index in [0.717, 1.165) is 0 Å². The molecule has 0 fully saturated rings. The van der Waals surface area contributed by atoms with Crippen molar-refractivity contribution in [2.45, 2.75) is 33.4 Å². The Balaban J connectivity index is 4.05. The molecule has 0 aliphatic heterocycles. The van der Waals surface area contributed by atoms with E-state index in [9.17, 15) is 9.59 Å². The molecule has 0 aromatic heterocycles. The van der Waals surface area contributed by atoms with Crippen molar-refractivity contribution in [1.82, 2.24) is 5.32 Å². The second kappa shape index (κ2) is 5.35. The fraction of sp³-hybridized carbons (Fsp3) is 0.556. The molecular weight excluding hydrogens is 170 g/mol. The SMILES string of the molecule is C=C(C)C(=O)OC(CC)NC(C)=O. The van der Waals surface area contributed by atoms with Gasteiger partial charge in [-0.05, 0) is 6.92 Å². The maximum Gasteiger partial charge on any atom is 0.335 e. The number of rotatable bonds is 4. The zero-order chi connectivity index (χ0) is 10.4. The van der Waals surface area contributed by atoms with E-state index in [0.29, 0.717) is 12.0 Å². The van der Waals surface area contributed by atoms with Gasteiger partial charge < -0.3 is 10.1 Å². The van der Waals surface area contributed by atoms with Crippen LogP contribution in [0.2, 0.25) is 0 Å². The van der Waals surface area contributed by atoms with Crippen molar-refractivity contribution in [3.05, 3.63) is 12.2 Å². The van der Waals surface area contributed by atoms with Gasteiger partial charge in [0.2, 0.25) is 5.91 Å². The van der Waals surface area contributed by atoms with Gasteiger partial charge in [-0.1, -0.05) is 13.5 Å². The third-order valence-corrected chi connectivity index (χ3v) is 1.33. The van der Waals surface area contributed by atoms with Crippen LogP contribution in [0.15, 0.2) is 12.2 Å². The molecule has 13 heavy (non-hydrogen) atoms. The molecular formula is C9H15NO3. The van der Waals surface area contributed by atoms with Gasteiger partial charge in [-0.2, -0.15) is 0 Å². The number of hydrogen-bond donors (Lipinski definition) is 1. The highest BCUT2D eigenvalue weighted by molar-refractivity contribution is 5.87. The summed E-state index contributed by atoms with van der Waals surface area (Å²) >= 11 is 0. The summed E-state index contributed by atoms with van der Waals surface area (Å²) in [4.78, 5) is 21.7. The summed E-state index contributed by atoms with van der Waals surface area (Å²) < 4.78 is 4.90. The van der Waals surface area contributed by atoms with Gasteiger partial charge >= 0.3 is 5.97 Å². The quantitative estimate of drug-likeness (QED) is 0.403. The van der Waals surface area contributed by atoms with Crippen LogP contribution in [0.5, 0.6) is 0 Å². The van der Waals surface area contributed by atoms with Gasteiger partial charge in [-0.15, -0.1) is 0 Å². The Morgan fingerprint density at radius 1 is 1.46 bits per heavy atom. The largest absolute Gasteiger partial charge is 0.438 e. The number of hydrogen-bond acceptors (Lipinski definition) is 3. The van der Waals surface area contributed by atoms with E-state index in [1.54, 1.807) is 6.92 Å². The van der Waals surface area contributed by atoms with Crippen LogP contribution >= 0.6 is 0 Å². The molecule has 0 aromatic carbocycles. The van der Waals surface area contributed by atoms with Gasteiger partial charge in [-0.25, -0.2) is 4.79 Å². The number of amides is 1. The van der Waals surface area contributed by atoms with E-state index >= 15 is 0 Å². The first kappa shape index (κ1) is 11.7. The third-order valence-electron chi connectivity index (χ3n) is 1.33. The summed E-state index contributed by atoms with van der Waals surface area (Å²) in [6.45, 7) is 8.18. The lowest BCUT2D eigenvalue weighted by Gasteiger charge is -2.16. The Bertz CT molecular complexity index is 223. The molecule has 0 radical (unpaired) electrons. The molecule has 74 valence electrons. The van der Waals surface area contributed by atoms with E-state index in [4.69, 9.17) is 4.74 Å². The van der Waals surface area contributed by atoms with Crippen molar-refractivity contribution in [2.24, 2.45) is 0 Å². The van der Waals surface area contributed by atoms with Crippen molar-refractivity contribution in [3.8, 4) is 0 Å². The molecule has 0 aromatic rings. The van der Waals surface area contributed by atoms with Crippen LogP contribution in [0.3, 0.4) is 0 Å². The molecule has 0 aliphatic rings. The van der Waals surface area contributed by atoms with E-state index in [2.05, 4.69) is 11.9 Å². The van der Waals surface area contributed by atoms with Crippen LogP contribution in [0.1, 0.15) is 27.2 Å². The highest BCUT2D eigenvalue weighted by atomic mass is 16.6. The molecule has 0 bridgehead atoms. The van der Waals surface area contributed by atoms with Crippen LogP contribution in [-0.4, -0.2) is 18.1 Å². The minimum absolute atomic E-state index is 0.221. The summed E-state index contributed by atoms with van der Waals surface area (Å²) in [5.74, 6) is -0.707. The Morgan fingerprint density at radius 2 is 2.00 bits per heavy atom. The maximum absolute atomic E-state index is 11.0. The summed E-state index contributed by atoms with van der Waals surface area (Å²) in [6.07, 6.45) is -0.0137. The zero-order valence-corrected chi connectivity index (χ0v) is 8.22. The Hall–Kier alpha value is -1.32. The molecule has 0 rings (SSSR count). The number of carbonyl (C=O) groups is 2. The normalized spacial score (nSPS) is 11.6. The molecule has 1 atom stereocenters. The molecule has 4 nitrogen and oxygen atoms in total. The van der Waals surface area contributed by atoms with Crippen molar-refractivity contribution >= 4 is 11.9 Å². The van der Waals surface area contributed by atoms with Crippen LogP contribution in [0.25, 0.3) is 0 Å². The van der Waals surface area contributed by atoms with E-state index in [1.807, 2.05) is 6.92 Å². The standard InChI is InChI=1S/C9H15NO3/c1-5-8(10-7(4)11)13-9(12)6(2)3/h8H,2,5H2,1,3-4H3,(H,10,11). The molecule has 4 heteroatoms. The number of ether oxygens (including phenoxy) is 1. The van der Waals surface area contributed by atoms with E-state index < -0.39 is 12.2 Å². The summed E-state index contributed by atoms with van der Waals surface area (Å²) in [5, 5.41) is 2.49. The van der Waals surface area contributed by atoms with Crippen LogP contribution < -0.4 is 5.32 Å². The minimum atomic E-state index is -0.554. The van der Waals surface area contributed by atoms with Crippen LogP contribution in [0.4, 0.5) is 0 Å². The maximum atomic E-state index is 11.0. The van der Waals surface area contributed by atoms with Gasteiger partial charge in [-0.3, -0.25) is 4.79 Å². The molecule has 1 N–H and O–H groups in total. The van der Waals surface area contributed by atoms with Gasteiger partial charge in [0.25, 0.3) is 0 Å². The molecule has 0 heterocycles. The molecule has 0 saturated carbocycles. The van der Waals surface area contributed by atoms with Crippen molar-refractivity contribution in [3.63, 3.8) is 0 Å². The van der Waals surface area contributed by atoms with Gasteiger partial charge in [0, 0.05) is 18.9 Å². The molecule has 0 spiro atoms. The van der Waals surface area contributed by atoms with Crippen molar-refractivity contribution in [2.75, 3.05) is 0 Å².